The fraction of sp³-hybridized carbons (Fsp3) is 0.188. The highest BCUT2D eigenvalue weighted by Gasteiger charge is 2.09. The number of carboxylic acids is 1. The maximum atomic E-state index is 12.2. The van der Waals surface area contributed by atoms with E-state index >= 15 is 0 Å². The minimum Gasteiger partial charge on any atom is -0.508 e. The molecule has 4 aromatic carbocycles. The first-order chi connectivity index (χ1) is 20.4. The summed E-state index contributed by atoms with van der Waals surface area (Å²) in [5.41, 5.74) is 2.76. The molecule has 0 radical (unpaired) electrons. The molecule has 0 bridgehead atoms. The molecular weight excluding hydrogens is 559 g/mol. The van der Waals surface area contributed by atoms with Gasteiger partial charge in [0.05, 0.1) is 13.0 Å². The minimum atomic E-state index is -0.961. The maximum absolute atomic E-state index is 12.2. The summed E-state index contributed by atoms with van der Waals surface area (Å²) < 4.78 is 17.3. The molecule has 1 unspecified atom stereocenters. The van der Waals surface area contributed by atoms with Gasteiger partial charge in [-0.3, -0.25) is 9.59 Å². The zero-order chi connectivity index (χ0) is 30.6. The molecule has 0 spiro atoms. The molecule has 0 aromatic heterocycles. The van der Waals surface area contributed by atoms with Crippen LogP contribution in [-0.4, -0.2) is 38.8 Å². The van der Waals surface area contributed by atoms with Crippen molar-refractivity contribution in [2.75, 3.05) is 6.61 Å². The van der Waals surface area contributed by atoms with Crippen LogP contribution in [-0.2, 0) is 34.0 Å². The Bertz CT molecular complexity index is 1350. The highest BCUT2D eigenvalue weighted by atomic mass is 31.0. The lowest BCUT2D eigenvalue weighted by molar-refractivity contribution is -0.145. The number of rotatable bonds is 12. The number of esters is 1. The number of ether oxygens (including phenoxy) is 3. The minimum absolute atomic E-state index is 0.153. The van der Waals surface area contributed by atoms with E-state index in [9.17, 15) is 14.7 Å². The van der Waals surface area contributed by atoms with Crippen molar-refractivity contribution in [3.05, 3.63) is 120 Å². The van der Waals surface area contributed by atoms with E-state index in [0.717, 1.165) is 33.9 Å². The van der Waals surface area contributed by atoms with Crippen molar-refractivity contribution >= 4 is 21.4 Å². The highest BCUT2D eigenvalue weighted by Crippen LogP contribution is 2.24. The first-order valence-electron chi connectivity index (χ1n) is 13.0. The van der Waals surface area contributed by atoms with E-state index in [-0.39, 0.29) is 37.8 Å². The van der Waals surface area contributed by atoms with Crippen molar-refractivity contribution in [2.24, 2.45) is 0 Å². The average Bonchev–Trinajstić information content (AvgIpc) is 3.01. The van der Waals surface area contributed by atoms with Gasteiger partial charge < -0.3 is 34.4 Å². The normalized spacial score (nSPS) is 9.79. The fourth-order valence-corrected chi connectivity index (χ4v) is 3.50. The molecule has 9 nitrogen and oxygen atoms in total. The lowest BCUT2D eigenvalue weighted by Crippen LogP contribution is -2.07. The van der Waals surface area contributed by atoms with Crippen LogP contribution in [0.2, 0.25) is 0 Å². The molecule has 0 aliphatic rings. The second-order valence-electron chi connectivity index (χ2n) is 8.65. The van der Waals surface area contributed by atoms with Crippen LogP contribution in [0.3, 0.4) is 0 Å². The van der Waals surface area contributed by atoms with Gasteiger partial charge in [-0.1, -0.05) is 60.7 Å². The van der Waals surface area contributed by atoms with E-state index in [1.165, 1.54) is 9.47 Å². The third kappa shape index (κ3) is 13.3. The van der Waals surface area contributed by atoms with Gasteiger partial charge in [-0.15, -0.1) is 0 Å². The van der Waals surface area contributed by atoms with Crippen molar-refractivity contribution in [1.29, 1.82) is 0 Å². The van der Waals surface area contributed by atoms with Crippen molar-refractivity contribution < 1.29 is 44.0 Å². The molecule has 0 heterocycles. The number of phenols is 1. The lowest BCUT2D eigenvalue weighted by Gasteiger charge is -2.12. The number of carbonyl (C=O) groups is 2. The standard InChI is InChI=1S/C29H26O5.C3H6O3.H3OP/c30-25-16-13-22(14-17-25)20-33-29(31)18-15-24-8-4-5-12-28(24)32-21-23-7-6-11-27(19-23)34-26-9-2-1-3-10-26;4-2-1-3(5)6;1-2/h1-14,16-17,19,30H,15,18,20-21H2;4H,1-2H2,(H,5,6);1H,2H2. The molecule has 4 aromatic rings. The summed E-state index contributed by atoms with van der Waals surface area (Å²) in [6.45, 7) is 0.294. The number of aliphatic hydroxyl groups is 1. The zero-order valence-electron chi connectivity index (χ0n) is 23.0. The van der Waals surface area contributed by atoms with Gasteiger partial charge in [0.1, 0.15) is 36.2 Å². The summed E-state index contributed by atoms with van der Waals surface area (Å²) >= 11 is 0. The van der Waals surface area contributed by atoms with Crippen molar-refractivity contribution in [2.45, 2.75) is 32.5 Å². The molecule has 0 aliphatic heterocycles. The van der Waals surface area contributed by atoms with Gasteiger partial charge >= 0.3 is 11.9 Å². The second kappa shape index (κ2) is 19.6. The molecule has 10 heteroatoms. The molecule has 222 valence electrons. The number of aliphatic carboxylic acids is 1. The third-order valence-corrected chi connectivity index (χ3v) is 5.50. The molecule has 0 saturated heterocycles. The summed E-state index contributed by atoms with van der Waals surface area (Å²) in [7, 11) is 1.42. The maximum Gasteiger partial charge on any atom is 0.306 e. The fourth-order valence-electron chi connectivity index (χ4n) is 3.50. The molecule has 0 amide bonds. The number of carbonyl (C=O) groups excluding carboxylic acids is 1. The smallest absolute Gasteiger partial charge is 0.306 e. The van der Waals surface area contributed by atoms with Crippen molar-refractivity contribution in [3.8, 4) is 23.0 Å². The number of hydrogen-bond acceptors (Lipinski definition) is 8. The first kappa shape index (κ1) is 33.8. The van der Waals surface area contributed by atoms with Crippen molar-refractivity contribution in [1.82, 2.24) is 0 Å². The monoisotopic (exact) mass is 594 g/mol. The Morgan fingerprint density at radius 1 is 0.714 bits per heavy atom. The van der Waals surface area contributed by atoms with E-state index in [0.29, 0.717) is 13.0 Å². The molecule has 0 saturated carbocycles. The van der Waals surface area contributed by atoms with Crippen LogP contribution in [0, 0.1) is 0 Å². The summed E-state index contributed by atoms with van der Waals surface area (Å²) in [6, 6.07) is 31.7. The predicted molar refractivity (Wildman–Crippen MR) is 161 cm³/mol. The Hall–Kier alpha value is -4.43. The molecule has 0 fully saturated rings. The summed E-state index contributed by atoms with van der Waals surface area (Å²) in [4.78, 5) is 28.6. The lowest BCUT2D eigenvalue weighted by atomic mass is 10.1. The molecule has 42 heavy (non-hydrogen) atoms. The molecule has 1 atom stereocenters. The molecule has 4 N–H and O–H groups in total. The van der Waals surface area contributed by atoms with Gasteiger partial charge in [-0.2, -0.15) is 0 Å². The van der Waals surface area contributed by atoms with Crippen molar-refractivity contribution in [3.63, 3.8) is 0 Å². The summed E-state index contributed by atoms with van der Waals surface area (Å²) in [5, 5.41) is 24.9. The van der Waals surface area contributed by atoms with E-state index in [1.807, 2.05) is 78.9 Å². The van der Waals surface area contributed by atoms with Crippen LogP contribution in [0.25, 0.3) is 0 Å². The van der Waals surface area contributed by atoms with Crippen LogP contribution >= 0.6 is 9.47 Å². The van der Waals surface area contributed by atoms with Gasteiger partial charge in [0, 0.05) is 6.42 Å². The summed E-state index contributed by atoms with van der Waals surface area (Å²) in [5.74, 6) is 1.21. The number of aliphatic hydroxyl groups excluding tert-OH is 1. The zero-order valence-corrected chi connectivity index (χ0v) is 24.1. The first-order valence-corrected chi connectivity index (χ1v) is 13.5. The van der Waals surface area contributed by atoms with Crippen LogP contribution < -0.4 is 9.47 Å². The van der Waals surface area contributed by atoms with Crippen LogP contribution in [0.1, 0.15) is 29.5 Å². The SMILES string of the molecule is O=C(CCc1ccccc1OCc1cccc(Oc2ccccc2)c1)OCc1ccc(O)cc1.O=C(O)CCO.OP. The molecule has 0 aliphatic carbocycles. The highest BCUT2D eigenvalue weighted by molar-refractivity contribution is 7.08. The van der Waals surface area contributed by atoms with E-state index in [1.54, 1.807) is 24.3 Å². The number of carboxylic acid groups (broad SMARTS) is 1. The van der Waals surface area contributed by atoms with E-state index < -0.39 is 5.97 Å². The van der Waals surface area contributed by atoms with Gasteiger partial charge in [-0.25, -0.2) is 0 Å². The number of hydrogen-bond donors (Lipinski definition) is 4. The molecular formula is C32H35O9P. The molecule has 4 rings (SSSR count). The van der Waals surface area contributed by atoms with E-state index in [4.69, 9.17) is 29.3 Å². The van der Waals surface area contributed by atoms with Gasteiger partial charge in [0.2, 0.25) is 0 Å². The Labute approximate surface area is 247 Å². The van der Waals surface area contributed by atoms with Gasteiger partial charge in [0.25, 0.3) is 0 Å². The number of phenolic OH excluding ortho intramolecular Hbond substituents is 1. The quantitative estimate of drug-likeness (QED) is 0.121. The second-order valence-corrected chi connectivity index (χ2v) is 8.65. The number of para-hydroxylation sites is 2. The Morgan fingerprint density at radius 3 is 2.05 bits per heavy atom. The van der Waals surface area contributed by atoms with Gasteiger partial charge in [0.15, 0.2) is 0 Å². The van der Waals surface area contributed by atoms with Crippen LogP contribution in [0.15, 0.2) is 103 Å². The number of aromatic hydroxyl groups is 1. The van der Waals surface area contributed by atoms with Crippen LogP contribution in [0.5, 0.6) is 23.0 Å². The summed E-state index contributed by atoms with van der Waals surface area (Å²) in [6.07, 6.45) is 0.612. The average molecular weight is 595 g/mol. The Morgan fingerprint density at radius 2 is 1.38 bits per heavy atom. The largest absolute Gasteiger partial charge is 0.508 e. The van der Waals surface area contributed by atoms with Gasteiger partial charge in [-0.05, 0) is 75.0 Å². The number of benzene rings is 4. The topological polar surface area (TPSA) is 143 Å². The third-order valence-electron chi connectivity index (χ3n) is 5.50. The van der Waals surface area contributed by atoms with E-state index in [2.05, 4.69) is 0 Å². The Kier molecular flexibility index (Phi) is 15.8. The predicted octanol–water partition coefficient (Wildman–Crippen LogP) is 5.66. The number of aryl methyl sites for hydroxylation is 1. The van der Waals surface area contributed by atoms with Crippen LogP contribution in [0.4, 0.5) is 0 Å². The Balaban J connectivity index is 0.000000686.